The van der Waals surface area contributed by atoms with E-state index in [0.29, 0.717) is 0 Å². The van der Waals surface area contributed by atoms with E-state index in [1.807, 2.05) is 6.08 Å². The van der Waals surface area contributed by atoms with Gasteiger partial charge in [-0.3, -0.25) is 0 Å². The van der Waals surface area contributed by atoms with Gasteiger partial charge < -0.3 is 9.64 Å². The van der Waals surface area contributed by atoms with Crippen molar-refractivity contribution in [1.82, 2.24) is 4.90 Å². The van der Waals surface area contributed by atoms with Crippen LogP contribution < -0.4 is 0 Å². The molecule has 0 fully saturated rings. The van der Waals surface area contributed by atoms with Gasteiger partial charge in [-0.15, -0.1) is 6.58 Å². The van der Waals surface area contributed by atoms with Gasteiger partial charge in [-0.1, -0.05) is 18.2 Å². The van der Waals surface area contributed by atoms with Crippen LogP contribution in [0.3, 0.4) is 0 Å². The zero-order valence-electron chi connectivity index (χ0n) is 9.54. The maximum atomic E-state index is 5.40. The molecule has 0 bridgehead atoms. The normalized spacial score (nSPS) is 11.4. The van der Waals surface area contributed by atoms with E-state index in [4.69, 9.17) is 4.74 Å². The zero-order chi connectivity index (χ0) is 10.6. The highest BCUT2D eigenvalue weighted by Crippen LogP contribution is 1.96. The van der Waals surface area contributed by atoms with Crippen LogP contribution in [0.2, 0.25) is 0 Å². The maximum Gasteiger partial charge on any atom is 0.0648 e. The van der Waals surface area contributed by atoms with Crippen LogP contribution in [0.4, 0.5) is 0 Å². The first-order valence-corrected chi connectivity index (χ1v) is 5.25. The van der Waals surface area contributed by atoms with E-state index in [2.05, 4.69) is 37.7 Å². The van der Waals surface area contributed by atoms with Crippen molar-refractivity contribution in [3.63, 3.8) is 0 Å². The fourth-order valence-corrected chi connectivity index (χ4v) is 0.964. The van der Waals surface area contributed by atoms with Crippen LogP contribution in [-0.4, -0.2) is 38.8 Å². The highest BCUT2D eigenvalue weighted by molar-refractivity contribution is 4.82. The Morgan fingerprint density at radius 3 is 2.64 bits per heavy atom. The van der Waals surface area contributed by atoms with Crippen LogP contribution in [-0.2, 0) is 4.74 Å². The third-order valence-electron chi connectivity index (χ3n) is 1.84. The first-order valence-electron chi connectivity index (χ1n) is 5.25. The fraction of sp³-hybridized carbons (Fsp3) is 0.667. The number of unbranched alkanes of at least 4 members (excludes halogenated alkanes) is 2. The van der Waals surface area contributed by atoms with Gasteiger partial charge in [-0.25, -0.2) is 0 Å². The predicted octanol–water partition coefficient (Wildman–Crippen LogP) is 2.48. The summed E-state index contributed by atoms with van der Waals surface area (Å²) in [6.07, 6.45) is 9.66. The summed E-state index contributed by atoms with van der Waals surface area (Å²) in [7, 11) is 4.10. The van der Waals surface area contributed by atoms with Gasteiger partial charge in [0.15, 0.2) is 0 Å². The van der Waals surface area contributed by atoms with Crippen LogP contribution in [0.1, 0.15) is 19.3 Å². The molecule has 0 aliphatic heterocycles. The van der Waals surface area contributed by atoms with Crippen LogP contribution in [0.15, 0.2) is 24.8 Å². The molecule has 0 aromatic rings. The largest absolute Gasteiger partial charge is 0.376 e. The minimum absolute atomic E-state index is 0.738. The quantitative estimate of drug-likeness (QED) is 0.416. The van der Waals surface area contributed by atoms with Crippen molar-refractivity contribution >= 4 is 0 Å². The number of nitrogens with zero attached hydrogens (tertiary/aromatic N) is 1. The number of rotatable bonds is 9. The highest BCUT2D eigenvalue weighted by Gasteiger charge is 1.87. The number of likely N-dealkylation sites (N-methyl/N-ethyl adjacent to an activating group) is 1. The van der Waals surface area contributed by atoms with Crippen molar-refractivity contribution in [3.05, 3.63) is 24.8 Å². The SMILES string of the molecule is C=CCCC/C=C/COCCN(C)C. The smallest absolute Gasteiger partial charge is 0.0648 e. The summed E-state index contributed by atoms with van der Waals surface area (Å²) in [6, 6.07) is 0. The molecule has 82 valence electrons. The average molecular weight is 197 g/mol. The molecular formula is C12H23NO. The third kappa shape index (κ3) is 11.4. The fourth-order valence-electron chi connectivity index (χ4n) is 0.964. The topological polar surface area (TPSA) is 12.5 Å². The molecule has 0 aliphatic carbocycles. The zero-order valence-corrected chi connectivity index (χ0v) is 9.54. The van der Waals surface area contributed by atoms with E-state index in [-0.39, 0.29) is 0 Å². The van der Waals surface area contributed by atoms with Crippen molar-refractivity contribution < 1.29 is 4.74 Å². The second-order valence-electron chi connectivity index (χ2n) is 3.57. The van der Waals surface area contributed by atoms with Crippen LogP contribution in [0.25, 0.3) is 0 Å². The van der Waals surface area contributed by atoms with E-state index in [9.17, 15) is 0 Å². The minimum Gasteiger partial charge on any atom is -0.376 e. The Balaban J connectivity index is 3.07. The van der Waals surface area contributed by atoms with E-state index in [0.717, 1.165) is 32.6 Å². The molecule has 0 aliphatic rings. The molecule has 0 aromatic heterocycles. The molecule has 0 amide bonds. The Bertz CT molecular complexity index is 152. The molecule has 0 unspecified atom stereocenters. The van der Waals surface area contributed by atoms with Gasteiger partial charge in [0, 0.05) is 6.54 Å². The summed E-state index contributed by atoms with van der Waals surface area (Å²) in [4.78, 5) is 2.12. The lowest BCUT2D eigenvalue weighted by molar-refractivity contribution is 0.141. The summed E-state index contributed by atoms with van der Waals surface area (Å²) < 4.78 is 5.40. The molecular weight excluding hydrogens is 174 g/mol. The molecule has 0 spiro atoms. The Kier molecular flexibility index (Phi) is 10.0. The van der Waals surface area contributed by atoms with Gasteiger partial charge in [0.1, 0.15) is 0 Å². The molecule has 0 saturated heterocycles. The van der Waals surface area contributed by atoms with Gasteiger partial charge in [-0.05, 0) is 33.4 Å². The minimum atomic E-state index is 0.738. The highest BCUT2D eigenvalue weighted by atomic mass is 16.5. The van der Waals surface area contributed by atoms with Crippen LogP contribution >= 0.6 is 0 Å². The monoisotopic (exact) mass is 197 g/mol. The molecule has 0 heterocycles. The number of allylic oxidation sites excluding steroid dienone is 2. The predicted molar refractivity (Wildman–Crippen MR) is 62.6 cm³/mol. The van der Waals surface area contributed by atoms with Gasteiger partial charge >= 0.3 is 0 Å². The van der Waals surface area contributed by atoms with Crippen LogP contribution in [0, 0.1) is 0 Å². The lowest BCUT2D eigenvalue weighted by atomic mass is 10.2. The summed E-state index contributed by atoms with van der Waals surface area (Å²) in [5.74, 6) is 0. The summed E-state index contributed by atoms with van der Waals surface area (Å²) in [5.41, 5.74) is 0. The molecule has 0 rings (SSSR count). The summed E-state index contributed by atoms with van der Waals surface area (Å²) >= 11 is 0. The van der Waals surface area contributed by atoms with Gasteiger partial charge in [0.05, 0.1) is 13.2 Å². The standard InChI is InChI=1S/C12H23NO/c1-4-5-6-7-8-9-11-14-12-10-13(2)3/h4,8-9H,1,5-7,10-12H2,2-3H3/b9-8+. The molecule has 0 N–H and O–H groups in total. The average Bonchev–Trinajstić information content (AvgIpc) is 2.15. The molecule has 0 atom stereocenters. The van der Waals surface area contributed by atoms with Gasteiger partial charge in [-0.2, -0.15) is 0 Å². The second-order valence-corrected chi connectivity index (χ2v) is 3.57. The Hall–Kier alpha value is -0.600. The maximum absolute atomic E-state index is 5.40. The van der Waals surface area contributed by atoms with Gasteiger partial charge in [0.2, 0.25) is 0 Å². The molecule has 2 nitrogen and oxygen atoms in total. The lowest BCUT2D eigenvalue weighted by Gasteiger charge is -2.08. The first-order chi connectivity index (χ1) is 6.77. The molecule has 0 saturated carbocycles. The number of ether oxygens (including phenoxy) is 1. The van der Waals surface area contributed by atoms with Crippen molar-refractivity contribution in [2.45, 2.75) is 19.3 Å². The van der Waals surface area contributed by atoms with E-state index >= 15 is 0 Å². The molecule has 0 aromatic carbocycles. The number of hydrogen-bond acceptors (Lipinski definition) is 2. The van der Waals surface area contributed by atoms with E-state index < -0.39 is 0 Å². The van der Waals surface area contributed by atoms with Crippen molar-refractivity contribution in [2.75, 3.05) is 33.9 Å². The van der Waals surface area contributed by atoms with Crippen molar-refractivity contribution in [2.24, 2.45) is 0 Å². The Morgan fingerprint density at radius 1 is 1.21 bits per heavy atom. The molecule has 2 heteroatoms. The summed E-state index contributed by atoms with van der Waals surface area (Å²) in [6.45, 7) is 6.22. The lowest BCUT2D eigenvalue weighted by Crippen LogP contribution is -2.17. The third-order valence-corrected chi connectivity index (χ3v) is 1.84. The molecule has 14 heavy (non-hydrogen) atoms. The molecule has 0 radical (unpaired) electrons. The van der Waals surface area contributed by atoms with Crippen LogP contribution in [0.5, 0.6) is 0 Å². The van der Waals surface area contributed by atoms with Crippen molar-refractivity contribution in [1.29, 1.82) is 0 Å². The Labute approximate surface area is 88.2 Å². The van der Waals surface area contributed by atoms with E-state index in [1.165, 1.54) is 6.42 Å². The number of hydrogen-bond donors (Lipinski definition) is 0. The summed E-state index contributed by atoms with van der Waals surface area (Å²) in [5, 5.41) is 0. The second kappa shape index (κ2) is 10.5. The van der Waals surface area contributed by atoms with Crippen molar-refractivity contribution in [3.8, 4) is 0 Å². The Morgan fingerprint density at radius 2 is 2.00 bits per heavy atom. The first kappa shape index (κ1) is 13.4. The van der Waals surface area contributed by atoms with Gasteiger partial charge in [0.25, 0.3) is 0 Å². The van der Waals surface area contributed by atoms with E-state index in [1.54, 1.807) is 0 Å².